The van der Waals surface area contributed by atoms with Crippen LogP contribution in [-0.2, 0) is 0 Å². The molecular weight excluding hydrogens is 220 g/mol. The third-order valence-electron chi connectivity index (χ3n) is 2.97. The zero-order valence-corrected chi connectivity index (χ0v) is 9.56. The third-order valence-corrected chi connectivity index (χ3v) is 2.97. The molecule has 0 amide bonds. The van der Waals surface area contributed by atoms with E-state index in [1.54, 1.807) is 12.3 Å². The molecule has 1 fully saturated rings. The van der Waals surface area contributed by atoms with Crippen LogP contribution < -0.4 is 10.6 Å². The van der Waals surface area contributed by atoms with E-state index >= 15 is 0 Å². The number of aromatic nitrogens is 1. The molecule has 0 aliphatic carbocycles. The van der Waals surface area contributed by atoms with E-state index in [4.69, 9.17) is 0 Å². The van der Waals surface area contributed by atoms with Crippen molar-refractivity contribution < 1.29 is 4.92 Å². The van der Waals surface area contributed by atoms with Crippen LogP contribution in [0.1, 0.15) is 19.3 Å². The fourth-order valence-corrected chi connectivity index (χ4v) is 2.07. The fourth-order valence-electron chi connectivity index (χ4n) is 2.07. The van der Waals surface area contributed by atoms with E-state index in [1.165, 1.54) is 19.0 Å². The quantitative estimate of drug-likeness (QED) is 0.598. The zero-order chi connectivity index (χ0) is 12.1. The highest BCUT2D eigenvalue weighted by Gasteiger charge is 2.15. The largest absolute Gasteiger partial charge is 0.379 e. The Labute approximate surface area is 99.6 Å². The average molecular weight is 236 g/mol. The van der Waals surface area contributed by atoms with Gasteiger partial charge in [-0.3, -0.25) is 15.1 Å². The summed E-state index contributed by atoms with van der Waals surface area (Å²) in [6.45, 7) is 1.82. The maximum Gasteiger partial charge on any atom is 0.310 e. The summed E-state index contributed by atoms with van der Waals surface area (Å²) in [6.07, 6.45) is 6.24. The Kier molecular flexibility index (Phi) is 3.87. The maximum absolute atomic E-state index is 10.8. The minimum absolute atomic E-state index is 0.0341. The first-order chi connectivity index (χ1) is 8.27. The second-order valence-corrected chi connectivity index (χ2v) is 4.16. The van der Waals surface area contributed by atoms with Crippen LogP contribution in [0, 0.1) is 10.1 Å². The Hall–Kier alpha value is -1.69. The second-order valence-electron chi connectivity index (χ2n) is 4.16. The van der Waals surface area contributed by atoms with Gasteiger partial charge in [0.1, 0.15) is 11.9 Å². The first-order valence-corrected chi connectivity index (χ1v) is 5.83. The van der Waals surface area contributed by atoms with Crippen LogP contribution in [0.25, 0.3) is 0 Å². The van der Waals surface area contributed by atoms with Gasteiger partial charge in [0.15, 0.2) is 0 Å². The van der Waals surface area contributed by atoms with Crippen molar-refractivity contribution in [2.75, 3.05) is 18.4 Å². The predicted molar refractivity (Wildman–Crippen MR) is 65.0 cm³/mol. The lowest BCUT2D eigenvalue weighted by Gasteiger charge is -2.11. The van der Waals surface area contributed by atoms with E-state index in [-0.39, 0.29) is 5.69 Å². The molecule has 2 N–H and O–H groups in total. The molecule has 2 heterocycles. The second kappa shape index (κ2) is 5.58. The number of hydrogen-bond donors (Lipinski definition) is 2. The van der Waals surface area contributed by atoms with Crippen molar-refractivity contribution in [1.82, 2.24) is 10.3 Å². The van der Waals surface area contributed by atoms with E-state index in [0.717, 1.165) is 19.5 Å². The highest BCUT2D eigenvalue weighted by atomic mass is 16.6. The van der Waals surface area contributed by atoms with Gasteiger partial charge >= 0.3 is 5.69 Å². The molecule has 1 aliphatic rings. The van der Waals surface area contributed by atoms with Crippen molar-refractivity contribution in [2.24, 2.45) is 0 Å². The molecule has 1 unspecified atom stereocenters. The van der Waals surface area contributed by atoms with Gasteiger partial charge in [0.25, 0.3) is 0 Å². The Morgan fingerprint density at radius 1 is 1.65 bits per heavy atom. The number of hydrogen-bond acceptors (Lipinski definition) is 5. The van der Waals surface area contributed by atoms with E-state index < -0.39 is 4.92 Å². The Bertz CT molecular complexity index is 391. The molecule has 1 aromatic rings. The predicted octanol–water partition coefficient (Wildman–Crippen LogP) is 1.54. The number of pyridine rings is 1. The van der Waals surface area contributed by atoms with Crippen LogP contribution in [0.2, 0.25) is 0 Å². The van der Waals surface area contributed by atoms with Crippen molar-refractivity contribution in [1.29, 1.82) is 0 Å². The summed E-state index contributed by atoms with van der Waals surface area (Å²) in [5.41, 5.74) is 0.579. The molecule has 0 spiro atoms. The standard InChI is InChI=1S/C11H16N4O2/c16-15(17)11-8-12-6-4-10(11)14-7-3-9-2-1-5-13-9/h4,6,8-9,13H,1-3,5,7H2,(H,12,14). The molecule has 6 heteroatoms. The Balaban J connectivity index is 1.87. The summed E-state index contributed by atoms with van der Waals surface area (Å²) in [5, 5.41) is 17.2. The van der Waals surface area contributed by atoms with Gasteiger partial charge in [0.05, 0.1) is 4.92 Å². The van der Waals surface area contributed by atoms with Crippen molar-refractivity contribution in [3.8, 4) is 0 Å². The van der Waals surface area contributed by atoms with Crippen molar-refractivity contribution in [3.05, 3.63) is 28.6 Å². The lowest BCUT2D eigenvalue weighted by Crippen LogP contribution is -2.24. The molecule has 1 atom stereocenters. The van der Waals surface area contributed by atoms with Gasteiger partial charge in [-0.15, -0.1) is 0 Å². The molecule has 0 bridgehead atoms. The van der Waals surface area contributed by atoms with E-state index in [9.17, 15) is 10.1 Å². The number of nitrogens with one attached hydrogen (secondary N) is 2. The lowest BCUT2D eigenvalue weighted by molar-refractivity contribution is -0.384. The van der Waals surface area contributed by atoms with E-state index in [0.29, 0.717) is 11.7 Å². The Morgan fingerprint density at radius 2 is 2.53 bits per heavy atom. The minimum atomic E-state index is -0.414. The SMILES string of the molecule is O=[N+]([O-])c1cnccc1NCCC1CCCN1. The van der Waals surface area contributed by atoms with Gasteiger partial charge in [-0.25, -0.2) is 0 Å². The summed E-state index contributed by atoms with van der Waals surface area (Å²) in [5.74, 6) is 0. The summed E-state index contributed by atoms with van der Waals surface area (Å²) in [4.78, 5) is 14.1. The molecule has 17 heavy (non-hydrogen) atoms. The van der Waals surface area contributed by atoms with Gasteiger partial charge in [-0.2, -0.15) is 0 Å². The molecule has 2 rings (SSSR count). The van der Waals surface area contributed by atoms with Crippen LogP contribution in [0.4, 0.5) is 11.4 Å². The van der Waals surface area contributed by atoms with Gasteiger partial charge < -0.3 is 10.6 Å². The molecule has 1 aliphatic heterocycles. The third kappa shape index (κ3) is 3.13. The number of rotatable bonds is 5. The maximum atomic E-state index is 10.8. The lowest BCUT2D eigenvalue weighted by atomic mass is 10.1. The van der Waals surface area contributed by atoms with Crippen molar-refractivity contribution >= 4 is 11.4 Å². The van der Waals surface area contributed by atoms with Crippen LogP contribution >= 0.6 is 0 Å². The molecule has 92 valence electrons. The first kappa shape index (κ1) is 11.8. The first-order valence-electron chi connectivity index (χ1n) is 5.83. The normalized spacial score (nSPS) is 19.2. The van der Waals surface area contributed by atoms with E-state index in [1.807, 2.05) is 0 Å². The molecule has 0 radical (unpaired) electrons. The molecule has 1 aromatic heterocycles. The van der Waals surface area contributed by atoms with Crippen molar-refractivity contribution in [3.63, 3.8) is 0 Å². The molecule has 0 saturated carbocycles. The minimum Gasteiger partial charge on any atom is -0.379 e. The highest BCUT2D eigenvalue weighted by Crippen LogP contribution is 2.22. The molecular formula is C11H16N4O2. The van der Waals surface area contributed by atoms with E-state index in [2.05, 4.69) is 15.6 Å². The number of nitrogens with zero attached hydrogens (tertiary/aromatic N) is 2. The molecule has 6 nitrogen and oxygen atoms in total. The average Bonchev–Trinajstić information content (AvgIpc) is 2.82. The van der Waals surface area contributed by atoms with Crippen LogP contribution in [0.15, 0.2) is 18.5 Å². The summed E-state index contributed by atoms with van der Waals surface area (Å²) in [7, 11) is 0. The van der Waals surface area contributed by atoms with Gasteiger partial charge in [-0.1, -0.05) is 0 Å². The Morgan fingerprint density at radius 3 is 3.24 bits per heavy atom. The number of nitro groups is 1. The van der Waals surface area contributed by atoms with Crippen LogP contribution in [0.5, 0.6) is 0 Å². The van der Waals surface area contributed by atoms with Gasteiger partial charge in [0, 0.05) is 18.8 Å². The number of anilines is 1. The summed E-state index contributed by atoms with van der Waals surface area (Å²) >= 11 is 0. The van der Waals surface area contributed by atoms with Gasteiger partial charge in [-0.05, 0) is 31.9 Å². The fraction of sp³-hybridized carbons (Fsp3) is 0.545. The smallest absolute Gasteiger partial charge is 0.310 e. The van der Waals surface area contributed by atoms with Crippen LogP contribution in [-0.4, -0.2) is 29.0 Å². The monoisotopic (exact) mass is 236 g/mol. The summed E-state index contributed by atoms with van der Waals surface area (Å²) < 4.78 is 0. The summed E-state index contributed by atoms with van der Waals surface area (Å²) in [6, 6.07) is 2.18. The zero-order valence-electron chi connectivity index (χ0n) is 9.56. The molecule has 1 saturated heterocycles. The molecule has 0 aromatic carbocycles. The van der Waals surface area contributed by atoms with Crippen LogP contribution in [0.3, 0.4) is 0 Å². The van der Waals surface area contributed by atoms with Gasteiger partial charge in [0.2, 0.25) is 0 Å². The van der Waals surface area contributed by atoms with Crippen molar-refractivity contribution in [2.45, 2.75) is 25.3 Å². The highest BCUT2D eigenvalue weighted by molar-refractivity contribution is 5.59. The topological polar surface area (TPSA) is 80.1 Å².